The molecule has 0 bridgehead atoms. The molecule has 1 N–H and O–H groups in total. The van der Waals surface area contributed by atoms with Gasteiger partial charge in [-0.25, -0.2) is 8.42 Å². The van der Waals surface area contributed by atoms with Gasteiger partial charge < -0.3 is 10.1 Å². The van der Waals surface area contributed by atoms with Gasteiger partial charge in [-0.1, -0.05) is 18.2 Å². The van der Waals surface area contributed by atoms with Crippen LogP contribution in [0.1, 0.15) is 29.8 Å². The molecular formula is C20H24N2O4S. The van der Waals surface area contributed by atoms with Crippen molar-refractivity contribution in [2.24, 2.45) is 0 Å². The zero-order chi connectivity index (χ0) is 19.6. The lowest BCUT2D eigenvalue weighted by Gasteiger charge is -2.24. The Morgan fingerprint density at radius 2 is 1.96 bits per heavy atom. The molecule has 1 aliphatic heterocycles. The standard InChI is InChI=1S/C20H24N2O4S/c1-14(13-26-3)21-20(23)16-9-10-19-17(12-16)11-15(2)22(19)27(24,25)18-7-5-4-6-8-18/h4-10,12,14-15H,11,13H2,1-3H3,(H,21,23)/t14-,15+/m1/s1. The van der Waals surface area contributed by atoms with Crippen molar-refractivity contribution in [1.82, 2.24) is 5.32 Å². The topological polar surface area (TPSA) is 75.7 Å². The van der Waals surface area contributed by atoms with E-state index in [2.05, 4.69) is 5.32 Å². The van der Waals surface area contributed by atoms with Gasteiger partial charge in [0.05, 0.1) is 17.2 Å². The summed E-state index contributed by atoms with van der Waals surface area (Å²) in [6, 6.07) is 13.2. The lowest BCUT2D eigenvalue weighted by Crippen LogP contribution is -2.36. The van der Waals surface area contributed by atoms with Crippen molar-refractivity contribution in [2.75, 3.05) is 18.0 Å². The van der Waals surface area contributed by atoms with E-state index >= 15 is 0 Å². The summed E-state index contributed by atoms with van der Waals surface area (Å²) in [5.74, 6) is -0.195. The normalized spacial score (nSPS) is 17.4. The summed E-state index contributed by atoms with van der Waals surface area (Å²) < 4.78 is 32.6. The molecule has 0 aromatic heterocycles. The van der Waals surface area contributed by atoms with E-state index in [1.54, 1.807) is 55.6 Å². The van der Waals surface area contributed by atoms with Crippen LogP contribution >= 0.6 is 0 Å². The van der Waals surface area contributed by atoms with E-state index in [1.807, 2.05) is 13.8 Å². The Bertz CT molecular complexity index is 928. The van der Waals surface area contributed by atoms with Gasteiger partial charge in [-0.15, -0.1) is 0 Å². The van der Waals surface area contributed by atoms with E-state index in [-0.39, 0.29) is 22.9 Å². The molecular weight excluding hydrogens is 364 g/mol. The SMILES string of the molecule is COC[C@@H](C)NC(=O)c1ccc2c(c1)C[C@H](C)N2S(=O)(=O)c1ccccc1. The van der Waals surface area contributed by atoms with Gasteiger partial charge in [0, 0.05) is 24.8 Å². The van der Waals surface area contributed by atoms with Crippen LogP contribution in [0, 0.1) is 0 Å². The Hall–Kier alpha value is -2.38. The summed E-state index contributed by atoms with van der Waals surface area (Å²) in [4.78, 5) is 12.7. The molecule has 2 atom stereocenters. The number of nitrogens with zero attached hydrogens (tertiary/aromatic N) is 1. The van der Waals surface area contributed by atoms with Crippen molar-refractivity contribution < 1.29 is 17.9 Å². The first-order valence-electron chi connectivity index (χ1n) is 8.87. The monoisotopic (exact) mass is 388 g/mol. The molecule has 0 unspecified atom stereocenters. The molecule has 0 saturated heterocycles. The minimum atomic E-state index is -3.64. The van der Waals surface area contributed by atoms with Crippen LogP contribution in [0.5, 0.6) is 0 Å². The minimum Gasteiger partial charge on any atom is -0.383 e. The highest BCUT2D eigenvalue weighted by atomic mass is 32.2. The Morgan fingerprint density at radius 1 is 1.26 bits per heavy atom. The molecule has 1 amide bonds. The highest BCUT2D eigenvalue weighted by molar-refractivity contribution is 7.92. The van der Waals surface area contributed by atoms with Crippen molar-refractivity contribution in [2.45, 2.75) is 37.2 Å². The highest BCUT2D eigenvalue weighted by Gasteiger charge is 2.36. The largest absolute Gasteiger partial charge is 0.383 e. The minimum absolute atomic E-state index is 0.107. The molecule has 7 heteroatoms. The Balaban J connectivity index is 1.89. The van der Waals surface area contributed by atoms with Gasteiger partial charge in [0.15, 0.2) is 0 Å². The smallest absolute Gasteiger partial charge is 0.264 e. The number of nitrogens with one attached hydrogen (secondary N) is 1. The Labute approximate surface area is 160 Å². The third-order valence-corrected chi connectivity index (χ3v) is 6.53. The number of rotatable bonds is 6. The number of sulfonamides is 1. The second-order valence-corrected chi connectivity index (χ2v) is 8.66. The van der Waals surface area contributed by atoms with Gasteiger partial charge in [0.1, 0.15) is 0 Å². The average Bonchev–Trinajstić information content (AvgIpc) is 2.98. The second-order valence-electron chi connectivity index (χ2n) is 6.84. The van der Waals surface area contributed by atoms with Crippen molar-refractivity contribution in [3.05, 3.63) is 59.7 Å². The summed E-state index contributed by atoms with van der Waals surface area (Å²) in [6.07, 6.45) is 0.566. The summed E-state index contributed by atoms with van der Waals surface area (Å²) in [5.41, 5.74) is 2.00. The van der Waals surface area contributed by atoms with Crippen molar-refractivity contribution in [3.63, 3.8) is 0 Å². The summed E-state index contributed by atoms with van der Waals surface area (Å²) in [5, 5.41) is 2.87. The third kappa shape index (κ3) is 3.84. The van der Waals surface area contributed by atoms with Gasteiger partial charge in [0.25, 0.3) is 15.9 Å². The van der Waals surface area contributed by atoms with E-state index < -0.39 is 10.0 Å². The van der Waals surface area contributed by atoms with Gasteiger partial charge in [-0.2, -0.15) is 0 Å². The van der Waals surface area contributed by atoms with E-state index in [1.165, 1.54) is 4.31 Å². The Kier molecular flexibility index (Phi) is 5.53. The molecule has 0 aliphatic carbocycles. The first kappa shape index (κ1) is 19.4. The molecule has 0 saturated carbocycles. The number of ether oxygens (including phenoxy) is 1. The summed E-state index contributed by atoms with van der Waals surface area (Å²) >= 11 is 0. The van der Waals surface area contributed by atoms with Crippen LogP contribution in [0.4, 0.5) is 5.69 Å². The molecule has 0 spiro atoms. The van der Waals surface area contributed by atoms with Crippen LogP contribution < -0.4 is 9.62 Å². The molecule has 0 fully saturated rings. The summed E-state index contributed by atoms with van der Waals surface area (Å²) in [7, 11) is -2.06. The molecule has 0 radical (unpaired) electrons. The zero-order valence-corrected chi connectivity index (χ0v) is 16.5. The molecule has 144 valence electrons. The lowest BCUT2D eigenvalue weighted by molar-refractivity contribution is 0.0905. The van der Waals surface area contributed by atoms with Gasteiger partial charge in [0.2, 0.25) is 0 Å². The predicted octanol–water partition coefficient (Wildman–Crippen LogP) is 2.59. The predicted molar refractivity (Wildman–Crippen MR) is 105 cm³/mol. The molecule has 2 aromatic carbocycles. The number of anilines is 1. The highest BCUT2D eigenvalue weighted by Crippen LogP contribution is 2.37. The molecule has 27 heavy (non-hydrogen) atoms. The first-order chi connectivity index (χ1) is 12.8. The second kappa shape index (κ2) is 7.70. The maximum atomic E-state index is 13.1. The van der Waals surface area contributed by atoms with Crippen LogP contribution in [0.3, 0.4) is 0 Å². The average molecular weight is 388 g/mol. The fourth-order valence-corrected chi connectivity index (χ4v) is 5.13. The number of carbonyl (C=O) groups is 1. The molecule has 2 aromatic rings. The van der Waals surface area contributed by atoms with Gasteiger partial charge >= 0.3 is 0 Å². The van der Waals surface area contributed by atoms with E-state index in [0.717, 1.165) is 5.56 Å². The molecule has 3 rings (SSSR count). The fourth-order valence-electron chi connectivity index (χ4n) is 3.42. The van der Waals surface area contributed by atoms with Crippen LogP contribution in [0.2, 0.25) is 0 Å². The van der Waals surface area contributed by atoms with Crippen LogP contribution in [0.15, 0.2) is 53.4 Å². The van der Waals surface area contributed by atoms with Crippen LogP contribution in [-0.2, 0) is 21.2 Å². The van der Waals surface area contributed by atoms with Crippen LogP contribution in [0.25, 0.3) is 0 Å². The number of fused-ring (bicyclic) bond motifs is 1. The van der Waals surface area contributed by atoms with E-state index in [9.17, 15) is 13.2 Å². The van der Waals surface area contributed by atoms with E-state index in [0.29, 0.717) is 24.3 Å². The maximum Gasteiger partial charge on any atom is 0.264 e. The van der Waals surface area contributed by atoms with Crippen molar-refractivity contribution in [1.29, 1.82) is 0 Å². The zero-order valence-electron chi connectivity index (χ0n) is 15.7. The van der Waals surface area contributed by atoms with Gasteiger partial charge in [-0.3, -0.25) is 9.10 Å². The number of hydrogen-bond acceptors (Lipinski definition) is 4. The first-order valence-corrected chi connectivity index (χ1v) is 10.3. The Morgan fingerprint density at radius 3 is 2.63 bits per heavy atom. The van der Waals surface area contributed by atoms with Gasteiger partial charge in [-0.05, 0) is 56.2 Å². The number of hydrogen-bond donors (Lipinski definition) is 1. The molecule has 1 aliphatic rings. The number of methoxy groups -OCH3 is 1. The number of amides is 1. The lowest BCUT2D eigenvalue weighted by atomic mass is 10.1. The van der Waals surface area contributed by atoms with Crippen molar-refractivity contribution in [3.8, 4) is 0 Å². The molecule has 1 heterocycles. The van der Waals surface area contributed by atoms with Crippen molar-refractivity contribution >= 4 is 21.6 Å². The third-order valence-electron chi connectivity index (χ3n) is 4.59. The fraction of sp³-hybridized carbons (Fsp3) is 0.350. The molecule has 6 nitrogen and oxygen atoms in total. The quantitative estimate of drug-likeness (QED) is 0.825. The van der Waals surface area contributed by atoms with E-state index in [4.69, 9.17) is 4.74 Å². The number of carbonyl (C=O) groups excluding carboxylic acids is 1. The number of benzene rings is 2. The maximum absolute atomic E-state index is 13.1. The van der Waals surface area contributed by atoms with Crippen LogP contribution in [-0.4, -0.2) is 40.1 Å². The summed E-state index contributed by atoms with van der Waals surface area (Å²) in [6.45, 7) is 4.17.